The Bertz CT molecular complexity index is 1010. The Balaban J connectivity index is 1.62. The van der Waals surface area contributed by atoms with E-state index in [1.54, 1.807) is 12.4 Å². The van der Waals surface area contributed by atoms with E-state index in [9.17, 15) is 9.59 Å². The van der Waals surface area contributed by atoms with Gasteiger partial charge in [-0.2, -0.15) is 0 Å². The second-order valence-corrected chi connectivity index (χ2v) is 5.50. The average Bonchev–Trinajstić information content (AvgIpc) is 3.23. The van der Waals surface area contributed by atoms with Crippen molar-refractivity contribution in [3.63, 3.8) is 0 Å². The Kier molecular flexibility index (Phi) is 3.35. The first-order valence-corrected chi connectivity index (χ1v) is 7.63. The van der Waals surface area contributed by atoms with Crippen molar-refractivity contribution in [1.29, 1.82) is 0 Å². The fourth-order valence-corrected chi connectivity index (χ4v) is 2.85. The number of carbonyl (C=O) groups is 2. The smallest absolute Gasteiger partial charge is 0.255 e. The molecule has 0 radical (unpaired) electrons. The van der Waals surface area contributed by atoms with Crippen molar-refractivity contribution < 1.29 is 9.59 Å². The van der Waals surface area contributed by atoms with Gasteiger partial charge in [-0.25, -0.2) is 0 Å². The van der Waals surface area contributed by atoms with Crippen LogP contribution in [0.2, 0.25) is 0 Å². The van der Waals surface area contributed by atoms with Gasteiger partial charge in [0.05, 0.1) is 11.0 Å². The van der Waals surface area contributed by atoms with Gasteiger partial charge >= 0.3 is 0 Å². The largest absolute Gasteiger partial charge is 0.284 e. The summed E-state index contributed by atoms with van der Waals surface area (Å²) in [7, 11) is 0. The van der Waals surface area contributed by atoms with Crippen LogP contribution in [0.5, 0.6) is 0 Å². The summed E-state index contributed by atoms with van der Waals surface area (Å²) in [5.41, 5.74) is 1.65. The highest BCUT2D eigenvalue weighted by molar-refractivity contribution is 6.04. The molecule has 4 nitrogen and oxygen atoms in total. The molecule has 24 heavy (non-hydrogen) atoms. The van der Waals surface area contributed by atoms with Crippen LogP contribution in [0.3, 0.4) is 0 Å². The predicted molar refractivity (Wildman–Crippen MR) is 94.3 cm³/mol. The Morgan fingerprint density at radius 1 is 0.625 bits per heavy atom. The van der Waals surface area contributed by atoms with Gasteiger partial charge in [0, 0.05) is 35.3 Å². The molecule has 0 spiro atoms. The molecule has 0 aliphatic rings. The van der Waals surface area contributed by atoms with E-state index in [1.165, 1.54) is 21.3 Å². The summed E-state index contributed by atoms with van der Waals surface area (Å²) in [5.74, 6) is -0.498. The molecule has 0 aliphatic heterocycles. The Morgan fingerprint density at radius 3 is 1.50 bits per heavy atom. The van der Waals surface area contributed by atoms with Gasteiger partial charge in [0.2, 0.25) is 0 Å². The molecular weight excluding hydrogens is 300 g/mol. The molecule has 4 rings (SSSR count). The number of rotatable bonds is 2. The number of aromatic nitrogens is 2. The summed E-state index contributed by atoms with van der Waals surface area (Å²) in [6, 6.07) is 19.0. The molecule has 116 valence electrons. The van der Waals surface area contributed by atoms with Crippen molar-refractivity contribution in [2.75, 3.05) is 0 Å². The Labute approximate surface area is 138 Å². The summed E-state index contributed by atoms with van der Waals surface area (Å²) in [6.45, 7) is 0. The normalized spacial score (nSPS) is 11.5. The molecule has 2 aromatic carbocycles. The maximum Gasteiger partial charge on any atom is 0.255 e. The van der Waals surface area contributed by atoms with E-state index < -0.39 is 0 Å². The van der Waals surface area contributed by atoms with E-state index in [0.29, 0.717) is 0 Å². The molecular formula is C20H14N2O2. The number of para-hydroxylation sites is 2. The number of allylic oxidation sites excluding steroid dienone is 2. The molecule has 0 bridgehead atoms. The summed E-state index contributed by atoms with van der Waals surface area (Å²) >= 11 is 0. The van der Waals surface area contributed by atoms with E-state index in [4.69, 9.17) is 0 Å². The minimum Gasteiger partial charge on any atom is -0.284 e. The van der Waals surface area contributed by atoms with Crippen LogP contribution < -0.4 is 0 Å². The zero-order valence-corrected chi connectivity index (χ0v) is 12.8. The number of carbonyl (C=O) groups excluding carboxylic acids is 2. The number of nitrogens with zero attached hydrogens (tertiary/aromatic N) is 2. The van der Waals surface area contributed by atoms with E-state index in [1.807, 2.05) is 60.7 Å². The van der Waals surface area contributed by atoms with Gasteiger partial charge in [-0.3, -0.25) is 18.7 Å². The fraction of sp³-hybridized carbons (Fsp3) is 0. The highest BCUT2D eigenvalue weighted by Crippen LogP contribution is 2.16. The van der Waals surface area contributed by atoms with Crippen LogP contribution in [0.4, 0.5) is 0 Å². The van der Waals surface area contributed by atoms with Gasteiger partial charge in [0.1, 0.15) is 0 Å². The molecule has 0 amide bonds. The first-order valence-electron chi connectivity index (χ1n) is 7.63. The third-order valence-electron chi connectivity index (χ3n) is 4.04. The van der Waals surface area contributed by atoms with Crippen LogP contribution in [-0.4, -0.2) is 20.9 Å². The molecule has 0 unspecified atom stereocenters. The highest BCUT2D eigenvalue weighted by atomic mass is 16.2. The fourth-order valence-electron chi connectivity index (χ4n) is 2.85. The molecule has 4 heteroatoms. The predicted octanol–water partition coefficient (Wildman–Crippen LogP) is 4.13. The van der Waals surface area contributed by atoms with Crippen LogP contribution in [0.1, 0.15) is 9.59 Å². The van der Waals surface area contributed by atoms with Gasteiger partial charge < -0.3 is 0 Å². The van der Waals surface area contributed by atoms with Gasteiger partial charge in [0.15, 0.2) is 0 Å². The third-order valence-corrected chi connectivity index (χ3v) is 4.04. The SMILES string of the molecule is O=C(C=CC(=O)n1ccc2ccccc21)n1ccc2ccccc21. The molecule has 0 saturated heterocycles. The maximum atomic E-state index is 12.4. The summed E-state index contributed by atoms with van der Waals surface area (Å²) in [6.07, 6.45) is 6.05. The Hall–Kier alpha value is -3.40. The van der Waals surface area contributed by atoms with Gasteiger partial charge in [-0.15, -0.1) is 0 Å². The number of benzene rings is 2. The lowest BCUT2D eigenvalue weighted by molar-refractivity contribution is 0.0947. The minimum atomic E-state index is -0.249. The van der Waals surface area contributed by atoms with E-state index in [-0.39, 0.29) is 11.8 Å². The molecule has 2 heterocycles. The third kappa shape index (κ3) is 2.34. The van der Waals surface area contributed by atoms with Crippen molar-refractivity contribution in [3.8, 4) is 0 Å². The Morgan fingerprint density at radius 2 is 1.04 bits per heavy atom. The van der Waals surface area contributed by atoms with Gasteiger partial charge in [-0.1, -0.05) is 36.4 Å². The van der Waals surface area contributed by atoms with Crippen LogP contribution >= 0.6 is 0 Å². The minimum absolute atomic E-state index is 0.249. The van der Waals surface area contributed by atoms with Crippen molar-refractivity contribution in [2.24, 2.45) is 0 Å². The van der Waals surface area contributed by atoms with Crippen LogP contribution in [0.15, 0.2) is 85.2 Å². The average molecular weight is 314 g/mol. The van der Waals surface area contributed by atoms with E-state index in [2.05, 4.69) is 0 Å². The summed E-state index contributed by atoms with van der Waals surface area (Å²) < 4.78 is 3.07. The van der Waals surface area contributed by atoms with E-state index >= 15 is 0 Å². The number of hydrogen-bond acceptors (Lipinski definition) is 2. The highest BCUT2D eigenvalue weighted by Gasteiger charge is 2.08. The quantitative estimate of drug-likeness (QED) is 0.522. The topological polar surface area (TPSA) is 44.0 Å². The summed E-state index contributed by atoms with van der Waals surface area (Å²) in [5, 5.41) is 1.98. The van der Waals surface area contributed by atoms with Gasteiger partial charge in [0.25, 0.3) is 11.8 Å². The van der Waals surface area contributed by atoms with Crippen molar-refractivity contribution in [1.82, 2.24) is 9.13 Å². The van der Waals surface area contributed by atoms with Crippen molar-refractivity contribution >= 4 is 33.6 Å². The first kappa shape index (κ1) is 14.2. The van der Waals surface area contributed by atoms with Crippen molar-refractivity contribution in [2.45, 2.75) is 0 Å². The van der Waals surface area contributed by atoms with Gasteiger partial charge in [-0.05, 0) is 24.3 Å². The lowest BCUT2D eigenvalue weighted by Gasteiger charge is -2.01. The van der Waals surface area contributed by atoms with Crippen LogP contribution in [0.25, 0.3) is 21.8 Å². The molecule has 0 saturated carbocycles. The monoisotopic (exact) mass is 314 g/mol. The second-order valence-electron chi connectivity index (χ2n) is 5.50. The lowest BCUT2D eigenvalue weighted by atomic mass is 10.2. The zero-order chi connectivity index (χ0) is 16.5. The molecule has 0 fully saturated rings. The first-order chi connectivity index (χ1) is 11.7. The standard InChI is InChI=1S/C20H14N2O2/c23-19(21-13-11-15-5-1-3-7-17(15)21)9-10-20(24)22-14-12-16-6-2-4-8-18(16)22/h1-14H. The molecule has 0 aliphatic carbocycles. The van der Waals surface area contributed by atoms with Crippen LogP contribution in [-0.2, 0) is 0 Å². The number of fused-ring (bicyclic) bond motifs is 2. The zero-order valence-electron chi connectivity index (χ0n) is 12.8. The number of hydrogen-bond donors (Lipinski definition) is 0. The summed E-state index contributed by atoms with van der Waals surface area (Å²) in [4.78, 5) is 24.7. The lowest BCUT2D eigenvalue weighted by Crippen LogP contribution is -2.09. The van der Waals surface area contributed by atoms with E-state index in [0.717, 1.165) is 21.8 Å². The van der Waals surface area contributed by atoms with Crippen LogP contribution in [0, 0.1) is 0 Å². The second kappa shape index (κ2) is 5.66. The molecule has 0 atom stereocenters. The molecule has 2 aromatic heterocycles. The van der Waals surface area contributed by atoms with Crippen molar-refractivity contribution in [3.05, 3.63) is 85.2 Å². The molecule has 0 N–H and O–H groups in total. The maximum absolute atomic E-state index is 12.4. The molecule has 4 aromatic rings.